The third-order valence-electron chi connectivity index (χ3n) is 4.29. The predicted octanol–water partition coefficient (Wildman–Crippen LogP) is 2.53. The first-order valence-electron chi connectivity index (χ1n) is 9.11. The maximum atomic E-state index is 12.7. The fourth-order valence-corrected chi connectivity index (χ4v) is 4.42. The summed E-state index contributed by atoms with van der Waals surface area (Å²) in [4.78, 5) is 23.7. The van der Waals surface area contributed by atoms with Crippen LogP contribution in [0.25, 0.3) is 0 Å². The first kappa shape index (κ1) is 20.7. The zero-order valence-corrected chi connectivity index (χ0v) is 17.0. The van der Waals surface area contributed by atoms with Crippen LogP contribution in [-0.4, -0.2) is 39.2 Å². The molecule has 0 saturated heterocycles. The molecule has 2 aromatic carbocycles. The number of fused-ring (bicyclic) bond motifs is 1. The van der Waals surface area contributed by atoms with E-state index in [1.54, 1.807) is 37.3 Å². The van der Waals surface area contributed by atoms with Crippen LogP contribution in [0.5, 0.6) is 11.5 Å². The molecule has 2 aromatic rings. The minimum Gasteiger partial charge on any atom is -0.494 e. The Hall–Kier alpha value is -3.07. The summed E-state index contributed by atoms with van der Waals surface area (Å²) in [7, 11) is -3.71. The van der Waals surface area contributed by atoms with Crippen molar-refractivity contribution >= 4 is 33.0 Å². The van der Waals surface area contributed by atoms with Crippen LogP contribution < -0.4 is 20.1 Å². The smallest absolute Gasteiger partial charge is 0.262 e. The monoisotopic (exact) mass is 418 g/mol. The van der Waals surface area contributed by atoms with E-state index in [0.29, 0.717) is 35.0 Å². The number of aryl methyl sites for hydroxylation is 1. The molecule has 8 nitrogen and oxygen atoms in total. The Balaban J connectivity index is 1.65. The van der Waals surface area contributed by atoms with Crippen LogP contribution in [0.2, 0.25) is 0 Å². The number of hydrogen-bond donors (Lipinski definition) is 2. The molecule has 1 aliphatic rings. The lowest BCUT2D eigenvalue weighted by Gasteiger charge is -2.20. The van der Waals surface area contributed by atoms with Gasteiger partial charge in [-0.3, -0.25) is 9.59 Å². The fourth-order valence-electron chi connectivity index (χ4n) is 2.91. The number of anilines is 2. The van der Waals surface area contributed by atoms with Crippen LogP contribution in [0.1, 0.15) is 18.9 Å². The van der Waals surface area contributed by atoms with Crippen LogP contribution in [-0.2, 0) is 19.4 Å². The van der Waals surface area contributed by atoms with Gasteiger partial charge < -0.3 is 20.1 Å². The van der Waals surface area contributed by atoms with Crippen molar-refractivity contribution in [2.45, 2.75) is 25.2 Å². The molecule has 154 valence electrons. The number of amides is 2. The lowest BCUT2D eigenvalue weighted by atomic mass is 10.2. The predicted molar refractivity (Wildman–Crippen MR) is 108 cm³/mol. The molecular weight excluding hydrogens is 396 g/mol. The normalized spacial score (nSPS) is 13.1. The molecule has 29 heavy (non-hydrogen) atoms. The van der Waals surface area contributed by atoms with Gasteiger partial charge in [-0.05, 0) is 49.7 Å². The summed E-state index contributed by atoms with van der Waals surface area (Å²) in [6.07, 6.45) is -0.191. The van der Waals surface area contributed by atoms with Gasteiger partial charge in [0.1, 0.15) is 11.5 Å². The molecule has 9 heteroatoms. The molecule has 0 aliphatic carbocycles. The summed E-state index contributed by atoms with van der Waals surface area (Å²) < 4.78 is 36.1. The molecule has 3 rings (SSSR count). The third-order valence-corrected chi connectivity index (χ3v) is 6.14. The molecule has 2 N–H and O–H groups in total. The number of ether oxygens (including phenoxy) is 2. The van der Waals surface area contributed by atoms with E-state index in [4.69, 9.17) is 9.47 Å². The van der Waals surface area contributed by atoms with E-state index in [-0.39, 0.29) is 29.6 Å². The third kappa shape index (κ3) is 5.05. The lowest BCUT2D eigenvalue weighted by Crippen LogP contribution is -2.26. The lowest BCUT2D eigenvalue weighted by molar-refractivity contribution is -0.118. The summed E-state index contributed by atoms with van der Waals surface area (Å²) >= 11 is 0. The highest BCUT2D eigenvalue weighted by atomic mass is 32.2. The first-order valence-corrected chi connectivity index (χ1v) is 10.8. The number of carbonyl (C=O) groups is 2. The largest absolute Gasteiger partial charge is 0.494 e. The summed E-state index contributed by atoms with van der Waals surface area (Å²) in [5.74, 6) is -0.0562. The maximum absolute atomic E-state index is 12.7. The van der Waals surface area contributed by atoms with Crippen molar-refractivity contribution in [1.82, 2.24) is 0 Å². The average Bonchev–Trinajstić information content (AvgIpc) is 2.67. The number of hydrogen-bond acceptors (Lipinski definition) is 6. The molecule has 1 heterocycles. The number of carbonyl (C=O) groups excluding carboxylic acids is 2. The Morgan fingerprint density at radius 1 is 1.24 bits per heavy atom. The second kappa shape index (κ2) is 8.52. The van der Waals surface area contributed by atoms with E-state index in [0.717, 1.165) is 0 Å². The van der Waals surface area contributed by atoms with Gasteiger partial charge in [0, 0.05) is 18.2 Å². The highest BCUT2D eigenvalue weighted by molar-refractivity contribution is 7.91. The number of rotatable bonds is 7. The van der Waals surface area contributed by atoms with Gasteiger partial charge in [-0.25, -0.2) is 8.42 Å². The quantitative estimate of drug-likeness (QED) is 0.715. The topological polar surface area (TPSA) is 111 Å². The van der Waals surface area contributed by atoms with Crippen molar-refractivity contribution in [3.05, 3.63) is 42.0 Å². The highest BCUT2D eigenvalue weighted by Crippen LogP contribution is 2.33. The molecule has 0 bridgehead atoms. The van der Waals surface area contributed by atoms with Gasteiger partial charge in [-0.15, -0.1) is 0 Å². The molecule has 0 saturated carbocycles. The van der Waals surface area contributed by atoms with Crippen molar-refractivity contribution in [3.8, 4) is 11.5 Å². The highest BCUT2D eigenvalue weighted by Gasteiger charge is 2.24. The second-order valence-electron chi connectivity index (χ2n) is 6.53. The number of benzene rings is 2. The molecule has 0 fully saturated rings. The Morgan fingerprint density at radius 3 is 2.66 bits per heavy atom. The average molecular weight is 418 g/mol. The van der Waals surface area contributed by atoms with E-state index in [2.05, 4.69) is 10.6 Å². The van der Waals surface area contributed by atoms with Crippen LogP contribution in [0.4, 0.5) is 11.4 Å². The summed E-state index contributed by atoms with van der Waals surface area (Å²) in [5, 5.41) is 5.31. The molecule has 0 aromatic heterocycles. The Kier molecular flexibility index (Phi) is 6.07. The molecule has 0 spiro atoms. The second-order valence-corrected chi connectivity index (χ2v) is 8.60. The van der Waals surface area contributed by atoms with E-state index in [9.17, 15) is 18.0 Å². The number of nitrogens with one attached hydrogen (secondary N) is 2. The van der Waals surface area contributed by atoms with E-state index < -0.39 is 15.7 Å². The van der Waals surface area contributed by atoms with Crippen LogP contribution >= 0.6 is 0 Å². The van der Waals surface area contributed by atoms with Gasteiger partial charge >= 0.3 is 0 Å². The summed E-state index contributed by atoms with van der Waals surface area (Å²) in [6, 6.07) is 9.78. The SMILES string of the molecule is CCOc1ccc(NC(=O)CCS(=O)(=O)c2cc3c(cc2C)NC(=O)CO3)cc1. The maximum Gasteiger partial charge on any atom is 0.262 e. The summed E-state index contributed by atoms with van der Waals surface area (Å²) in [6.45, 7) is 3.89. The van der Waals surface area contributed by atoms with Gasteiger partial charge in [0.2, 0.25) is 5.91 Å². The van der Waals surface area contributed by atoms with Crippen molar-refractivity contribution in [3.63, 3.8) is 0 Å². The Labute approximate surface area is 169 Å². The molecule has 1 aliphatic heterocycles. The molecular formula is C20H22N2O6S. The van der Waals surface area contributed by atoms with E-state index in [1.807, 2.05) is 6.92 Å². The van der Waals surface area contributed by atoms with Gasteiger partial charge in [-0.2, -0.15) is 0 Å². The van der Waals surface area contributed by atoms with Crippen LogP contribution in [0.15, 0.2) is 41.3 Å². The zero-order valence-electron chi connectivity index (χ0n) is 16.2. The molecule has 2 amide bonds. The van der Waals surface area contributed by atoms with E-state index >= 15 is 0 Å². The van der Waals surface area contributed by atoms with Gasteiger partial charge in [0.25, 0.3) is 5.91 Å². The first-order chi connectivity index (χ1) is 13.8. The van der Waals surface area contributed by atoms with Gasteiger partial charge in [0.15, 0.2) is 16.4 Å². The Morgan fingerprint density at radius 2 is 1.97 bits per heavy atom. The minimum atomic E-state index is -3.71. The Bertz CT molecular complexity index is 1030. The number of sulfone groups is 1. The molecule has 0 atom stereocenters. The van der Waals surface area contributed by atoms with Crippen LogP contribution in [0.3, 0.4) is 0 Å². The standard InChI is InChI=1S/C20H22N2O6S/c1-3-27-15-6-4-14(5-7-15)21-19(23)8-9-29(25,26)18-11-17-16(10-13(18)2)22-20(24)12-28-17/h4-7,10-11H,3,8-9,12H2,1-2H3,(H,21,23)(H,22,24). The van der Waals surface area contributed by atoms with Crippen molar-refractivity contribution < 1.29 is 27.5 Å². The van der Waals surface area contributed by atoms with E-state index in [1.165, 1.54) is 6.07 Å². The van der Waals surface area contributed by atoms with Crippen molar-refractivity contribution in [1.29, 1.82) is 0 Å². The van der Waals surface area contributed by atoms with Gasteiger partial charge in [-0.1, -0.05) is 0 Å². The zero-order chi connectivity index (χ0) is 21.0. The van der Waals surface area contributed by atoms with Gasteiger partial charge in [0.05, 0.1) is 22.9 Å². The molecule has 0 radical (unpaired) electrons. The van der Waals surface area contributed by atoms with Crippen LogP contribution in [0, 0.1) is 6.92 Å². The fraction of sp³-hybridized carbons (Fsp3) is 0.300. The molecule has 0 unspecified atom stereocenters. The minimum absolute atomic E-state index is 0.0845. The van der Waals surface area contributed by atoms with Crippen molar-refractivity contribution in [2.24, 2.45) is 0 Å². The van der Waals surface area contributed by atoms with Crippen molar-refractivity contribution in [2.75, 3.05) is 29.6 Å². The summed E-state index contributed by atoms with van der Waals surface area (Å²) in [5.41, 5.74) is 1.47.